The van der Waals surface area contributed by atoms with E-state index in [2.05, 4.69) is 16.4 Å². The van der Waals surface area contributed by atoms with Crippen LogP contribution in [0.15, 0.2) is 42.5 Å². The Hall–Kier alpha value is -2.89. The van der Waals surface area contributed by atoms with Crippen molar-refractivity contribution in [3.05, 3.63) is 59.4 Å². The number of pyridine rings is 1. The fraction of sp³-hybridized carbons (Fsp3) is 0.500. The van der Waals surface area contributed by atoms with Crippen molar-refractivity contribution in [2.75, 3.05) is 19.6 Å². The summed E-state index contributed by atoms with van der Waals surface area (Å²) in [6, 6.07) is 13.7. The molecule has 32 heavy (non-hydrogen) atoms. The van der Waals surface area contributed by atoms with Crippen molar-refractivity contribution in [1.82, 2.24) is 15.2 Å². The van der Waals surface area contributed by atoms with Gasteiger partial charge < -0.3 is 15.0 Å². The summed E-state index contributed by atoms with van der Waals surface area (Å²) in [5.41, 5.74) is 2.15. The van der Waals surface area contributed by atoms with Crippen LogP contribution in [0.5, 0.6) is 5.75 Å². The molecule has 168 valence electrons. The zero-order chi connectivity index (χ0) is 22.1. The number of aromatic nitrogens is 1. The summed E-state index contributed by atoms with van der Waals surface area (Å²) < 4.78 is 6.55. The monoisotopic (exact) mass is 433 g/mol. The first-order valence-corrected chi connectivity index (χ1v) is 11.8. The first kappa shape index (κ1) is 21.0. The van der Waals surface area contributed by atoms with E-state index >= 15 is 0 Å². The van der Waals surface area contributed by atoms with E-state index in [1.54, 1.807) is 6.07 Å². The summed E-state index contributed by atoms with van der Waals surface area (Å²) in [6.07, 6.45) is 5.29. The number of carbonyl (C=O) groups is 2. The highest BCUT2D eigenvalue weighted by molar-refractivity contribution is 5.92. The molecule has 3 aliphatic rings. The molecule has 1 aromatic carbocycles. The standard InChI is InChI=1S/C26H31N3O3/c1-18-5-4-7-22(28-18)25(31)29-13-11-26(12-14-29)16-20(15-24(30)27-17-19-9-10-19)21-6-2-3-8-23(21)32-26/h2-8,19-20H,9-17H2,1H3,(H,27,30)/t20-/m0/s1. The first-order valence-electron chi connectivity index (χ1n) is 11.8. The number of aryl methyl sites for hydroxylation is 1. The van der Waals surface area contributed by atoms with Crippen molar-refractivity contribution in [3.63, 3.8) is 0 Å². The molecule has 2 aliphatic heterocycles. The molecule has 1 aliphatic carbocycles. The van der Waals surface area contributed by atoms with Gasteiger partial charge in [-0.15, -0.1) is 0 Å². The van der Waals surface area contributed by atoms with E-state index in [4.69, 9.17) is 4.74 Å². The quantitative estimate of drug-likeness (QED) is 0.778. The molecular formula is C26H31N3O3. The van der Waals surface area contributed by atoms with Crippen molar-refractivity contribution in [2.45, 2.75) is 57.0 Å². The number of fused-ring (bicyclic) bond motifs is 1. The number of rotatable bonds is 5. The van der Waals surface area contributed by atoms with E-state index in [1.807, 2.05) is 42.2 Å². The van der Waals surface area contributed by atoms with Crippen LogP contribution in [-0.4, -0.2) is 46.9 Å². The normalized spacial score (nSPS) is 21.5. The number of amides is 2. The molecule has 5 rings (SSSR count). The average molecular weight is 434 g/mol. The largest absolute Gasteiger partial charge is 0.487 e. The molecule has 3 heterocycles. The zero-order valence-electron chi connectivity index (χ0n) is 18.7. The van der Waals surface area contributed by atoms with Crippen LogP contribution >= 0.6 is 0 Å². The maximum absolute atomic E-state index is 12.9. The smallest absolute Gasteiger partial charge is 0.272 e. The lowest BCUT2D eigenvalue weighted by Gasteiger charge is -2.46. The molecule has 0 radical (unpaired) electrons. The van der Waals surface area contributed by atoms with Gasteiger partial charge in [0.2, 0.25) is 5.91 Å². The van der Waals surface area contributed by atoms with E-state index in [-0.39, 0.29) is 23.3 Å². The van der Waals surface area contributed by atoms with Crippen LogP contribution in [0.25, 0.3) is 0 Å². The molecule has 1 N–H and O–H groups in total. The summed E-state index contributed by atoms with van der Waals surface area (Å²) >= 11 is 0. The van der Waals surface area contributed by atoms with Crippen LogP contribution < -0.4 is 10.1 Å². The summed E-state index contributed by atoms with van der Waals surface area (Å²) in [6.45, 7) is 3.98. The van der Waals surface area contributed by atoms with E-state index < -0.39 is 0 Å². The average Bonchev–Trinajstić information content (AvgIpc) is 3.62. The SMILES string of the molecule is Cc1cccc(C(=O)N2CCC3(CC2)C[C@H](CC(=O)NCC2CC2)c2ccccc2O3)n1. The van der Waals surface area contributed by atoms with E-state index in [1.165, 1.54) is 12.8 Å². The van der Waals surface area contributed by atoms with E-state index in [0.29, 0.717) is 31.1 Å². The highest BCUT2D eigenvalue weighted by Crippen LogP contribution is 2.46. The molecule has 2 aromatic rings. The molecule has 2 amide bonds. The highest BCUT2D eigenvalue weighted by atomic mass is 16.5. The van der Waals surface area contributed by atoms with Gasteiger partial charge in [0.05, 0.1) is 0 Å². The number of hydrogen-bond acceptors (Lipinski definition) is 4. The predicted octanol–water partition coefficient (Wildman–Crippen LogP) is 3.85. The third-order valence-corrected chi connectivity index (χ3v) is 7.09. The second-order valence-electron chi connectivity index (χ2n) is 9.63. The van der Waals surface area contributed by atoms with Gasteiger partial charge in [-0.05, 0) is 55.9 Å². The molecule has 6 heteroatoms. The summed E-state index contributed by atoms with van der Waals surface area (Å²) in [4.78, 5) is 31.8. The Balaban J connectivity index is 1.27. The lowest BCUT2D eigenvalue weighted by atomic mass is 9.76. The van der Waals surface area contributed by atoms with Gasteiger partial charge in [0.25, 0.3) is 5.91 Å². The molecule has 1 aromatic heterocycles. The molecule has 1 saturated carbocycles. The van der Waals surface area contributed by atoms with Crippen molar-refractivity contribution in [2.24, 2.45) is 5.92 Å². The van der Waals surface area contributed by atoms with Crippen LogP contribution in [0.3, 0.4) is 0 Å². The molecule has 1 saturated heterocycles. The van der Waals surface area contributed by atoms with E-state index in [9.17, 15) is 9.59 Å². The topological polar surface area (TPSA) is 71.5 Å². The first-order chi connectivity index (χ1) is 15.5. The Morgan fingerprint density at radius 3 is 2.66 bits per heavy atom. The number of benzene rings is 1. The molecule has 6 nitrogen and oxygen atoms in total. The number of piperidine rings is 1. The third-order valence-electron chi connectivity index (χ3n) is 7.09. The van der Waals surface area contributed by atoms with Gasteiger partial charge in [-0.3, -0.25) is 9.59 Å². The Labute approximate surface area is 189 Å². The number of nitrogens with one attached hydrogen (secondary N) is 1. The third kappa shape index (κ3) is 4.50. The van der Waals surface area contributed by atoms with E-state index in [0.717, 1.165) is 42.8 Å². The summed E-state index contributed by atoms with van der Waals surface area (Å²) in [5, 5.41) is 3.12. The minimum atomic E-state index is -0.327. The number of carbonyl (C=O) groups excluding carboxylic acids is 2. The second kappa shape index (κ2) is 8.57. The van der Waals surface area contributed by atoms with Crippen LogP contribution in [0.4, 0.5) is 0 Å². The molecule has 1 spiro atoms. The Kier molecular flexibility index (Phi) is 5.62. The minimum absolute atomic E-state index is 0.0178. The fourth-order valence-corrected chi connectivity index (χ4v) is 5.05. The predicted molar refractivity (Wildman–Crippen MR) is 122 cm³/mol. The number of para-hydroxylation sites is 1. The molecule has 0 bridgehead atoms. The van der Waals surface area contributed by atoms with Crippen LogP contribution in [0.2, 0.25) is 0 Å². The molecular weight excluding hydrogens is 402 g/mol. The summed E-state index contributed by atoms with van der Waals surface area (Å²) in [7, 11) is 0. The Morgan fingerprint density at radius 2 is 1.91 bits per heavy atom. The number of ether oxygens (including phenoxy) is 1. The van der Waals surface area contributed by atoms with Crippen LogP contribution in [0, 0.1) is 12.8 Å². The summed E-state index contributed by atoms with van der Waals surface area (Å²) in [5.74, 6) is 1.82. The minimum Gasteiger partial charge on any atom is -0.487 e. The van der Waals surface area contributed by atoms with Crippen molar-refractivity contribution < 1.29 is 14.3 Å². The molecule has 2 fully saturated rings. The lowest BCUT2D eigenvalue weighted by molar-refractivity contribution is -0.122. The van der Waals surface area contributed by atoms with Gasteiger partial charge in [-0.25, -0.2) is 4.98 Å². The van der Waals surface area contributed by atoms with Crippen molar-refractivity contribution in [1.29, 1.82) is 0 Å². The van der Waals surface area contributed by atoms with Crippen LogP contribution in [0.1, 0.15) is 66.2 Å². The van der Waals surface area contributed by atoms with Gasteiger partial charge in [0.15, 0.2) is 0 Å². The van der Waals surface area contributed by atoms with Gasteiger partial charge in [-0.2, -0.15) is 0 Å². The van der Waals surface area contributed by atoms with Gasteiger partial charge in [0.1, 0.15) is 17.0 Å². The highest BCUT2D eigenvalue weighted by Gasteiger charge is 2.44. The van der Waals surface area contributed by atoms with Crippen molar-refractivity contribution in [3.8, 4) is 5.75 Å². The molecule has 1 atom stereocenters. The number of likely N-dealkylation sites (tertiary alicyclic amines) is 1. The lowest BCUT2D eigenvalue weighted by Crippen LogP contribution is -2.52. The second-order valence-corrected chi connectivity index (χ2v) is 9.63. The maximum Gasteiger partial charge on any atom is 0.272 e. The number of hydrogen-bond donors (Lipinski definition) is 1. The molecule has 0 unspecified atom stereocenters. The van der Waals surface area contributed by atoms with Crippen LogP contribution in [-0.2, 0) is 4.79 Å². The number of nitrogens with zero attached hydrogens (tertiary/aromatic N) is 2. The van der Waals surface area contributed by atoms with Gasteiger partial charge in [0, 0.05) is 50.5 Å². The maximum atomic E-state index is 12.9. The Bertz CT molecular complexity index is 1010. The fourth-order valence-electron chi connectivity index (χ4n) is 5.05. The van der Waals surface area contributed by atoms with Crippen molar-refractivity contribution >= 4 is 11.8 Å². The Morgan fingerprint density at radius 1 is 1.12 bits per heavy atom. The van der Waals surface area contributed by atoms with Gasteiger partial charge in [-0.1, -0.05) is 24.3 Å². The zero-order valence-corrected chi connectivity index (χ0v) is 18.7. The van der Waals surface area contributed by atoms with Gasteiger partial charge >= 0.3 is 0 Å².